The van der Waals surface area contributed by atoms with Crippen LogP contribution in [0, 0.1) is 0 Å². The predicted octanol–water partition coefficient (Wildman–Crippen LogP) is 1.85. The second-order valence-corrected chi connectivity index (χ2v) is 8.07. The molecule has 4 aromatic rings. The van der Waals surface area contributed by atoms with Crippen molar-refractivity contribution in [1.82, 2.24) is 23.8 Å². The highest BCUT2D eigenvalue weighted by atomic mass is 35.5. The van der Waals surface area contributed by atoms with Gasteiger partial charge in [0.25, 0.3) is 0 Å². The molecule has 2 N–H and O–H groups in total. The number of methoxy groups -OCH3 is 1. The third kappa shape index (κ3) is 5.59. The SMILES string of the molecule is CCn1c(=O)n(N)/c(=N\c2ccc(Oc3cnc(C(=O)OC)cn3)cc2)n(Cc2ccc(Cl)cc2)c1=O. The lowest BCUT2D eigenvalue weighted by Crippen LogP contribution is -2.57. The summed E-state index contributed by atoms with van der Waals surface area (Å²) in [5, 5.41) is 0.557. The number of aromatic nitrogens is 5. The van der Waals surface area contributed by atoms with E-state index in [1.54, 1.807) is 55.5 Å². The molecule has 37 heavy (non-hydrogen) atoms. The van der Waals surface area contributed by atoms with Gasteiger partial charge in [0.15, 0.2) is 5.69 Å². The number of nitrogen functional groups attached to an aromatic ring is 1. The fraction of sp³-hybridized carbons (Fsp3) is 0.167. The van der Waals surface area contributed by atoms with Crippen LogP contribution in [-0.4, -0.2) is 36.9 Å². The molecule has 0 saturated carbocycles. The van der Waals surface area contributed by atoms with Crippen molar-refractivity contribution in [3.63, 3.8) is 0 Å². The molecule has 13 heteroatoms. The van der Waals surface area contributed by atoms with Gasteiger partial charge >= 0.3 is 17.3 Å². The Bertz CT molecular complexity index is 1610. The maximum absolute atomic E-state index is 13.1. The zero-order valence-electron chi connectivity index (χ0n) is 19.9. The van der Waals surface area contributed by atoms with E-state index in [-0.39, 0.29) is 30.3 Å². The number of hydrogen-bond donors (Lipinski definition) is 1. The third-order valence-electron chi connectivity index (χ3n) is 5.24. The molecular weight excluding hydrogens is 502 g/mol. The van der Waals surface area contributed by atoms with E-state index in [2.05, 4.69) is 19.7 Å². The molecule has 0 radical (unpaired) electrons. The van der Waals surface area contributed by atoms with Gasteiger partial charge in [0.1, 0.15) is 5.75 Å². The highest BCUT2D eigenvalue weighted by Crippen LogP contribution is 2.22. The Morgan fingerprint density at radius 2 is 1.70 bits per heavy atom. The fourth-order valence-electron chi connectivity index (χ4n) is 3.36. The summed E-state index contributed by atoms with van der Waals surface area (Å²) in [4.78, 5) is 49.7. The summed E-state index contributed by atoms with van der Waals surface area (Å²) in [6.07, 6.45) is 2.53. The largest absolute Gasteiger partial charge is 0.464 e. The number of nitrogens with two attached hydrogens (primary N) is 1. The van der Waals surface area contributed by atoms with Gasteiger partial charge in [0.2, 0.25) is 11.5 Å². The van der Waals surface area contributed by atoms with E-state index in [9.17, 15) is 14.4 Å². The van der Waals surface area contributed by atoms with Gasteiger partial charge in [0, 0.05) is 11.6 Å². The molecular formula is C24H22ClN7O5. The van der Waals surface area contributed by atoms with E-state index < -0.39 is 17.3 Å². The Morgan fingerprint density at radius 1 is 1.00 bits per heavy atom. The highest BCUT2D eigenvalue weighted by Gasteiger charge is 2.13. The molecule has 0 spiro atoms. The Morgan fingerprint density at radius 3 is 2.30 bits per heavy atom. The molecule has 0 bridgehead atoms. The lowest BCUT2D eigenvalue weighted by Gasteiger charge is -2.13. The normalized spacial score (nSPS) is 11.4. The summed E-state index contributed by atoms with van der Waals surface area (Å²) in [5.74, 6) is 6.04. The number of benzene rings is 2. The number of carbonyl (C=O) groups is 1. The van der Waals surface area contributed by atoms with Crippen molar-refractivity contribution in [2.75, 3.05) is 13.0 Å². The van der Waals surface area contributed by atoms with Gasteiger partial charge in [0.05, 0.1) is 31.7 Å². The van der Waals surface area contributed by atoms with Gasteiger partial charge in [-0.2, -0.15) is 4.68 Å². The van der Waals surface area contributed by atoms with Crippen LogP contribution in [0.15, 0.2) is 75.5 Å². The monoisotopic (exact) mass is 523 g/mol. The van der Waals surface area contributed by atoms with Crippen LogP contribution in [0.3, 0.4) is 0 Å². The molecule has 0 aliphatic carbocycles. The highest BCUT2D eigenvalue weighted by molar-refractivity contribution is 6.30. The van der Waals surface area contributed by atoms with E-state index in [1.165, 1.54) is 24.1 Å². The average molecular weight is 524 g/mol. The molecule has 0 atom stereocenters. The topological polar surface area (TPSA) is 149 Å². The second-order valence-electron chi connectivity index (χ2n) is 7.63. The summed E-state index contributed by atoms with van der Waals surface area (Å²) < 4.78 is 13.4. The van der Waals surface area contributed by atoms with Crippen LogP contribution in [0.1, 0.15) is 23.0 Å². The maximum Gasteiger partial charge on any atom is 0.358 e. The van der Waals surface area contributed by atoms with Crippen molar-refractivity contribution >= 4 is 23.3 Å². The van der Waals surface area contributed by atoms with E-state index >= 15 is 0 Å². The quantitative estimate of drug-likeness (QED) is 0.285. The van der Waals surface area contributed by atoms with Gasteiger partial charge in [-0.3, -0.25) is 4.57 Å². The number of ether oxygens (including phenoxy) is 2. The molecule has 2 heterocycles. The fourth-order valence-corrected chi connectivity index (χ4v) is 3.48. The molecule has 190 valence electrons. The van der Waals surface area contributed by atoms with Crippen LogP contribution in [-0.2, 0) is 17.8 Å². The van der Waals surface area contributed by atoms with E-state index in [0.29, 0.717) is 16.5 Å². The molecule has 0 unspecified atom stereocenters. The standard InChI is InChI=1S/C24H22ClN7O5/c1-3-30-23(34)31(14-15-4-6-16(25)7-5-15)22(32(26)24(30)35)29-17-8-10-18(11-9-17)37-20-13-27-19(12-28-20)21(33)36-2/h4-13H,3,14,26H2,1-2H3/b29-22-. The molecule has 2 aromatic heterocycles. The number of rotatable bonds is 7. The second kappa shape index (κ2) is 10.9. The Hall–Kier alpha value is -4.71. The van der Waals surface area contributed by atoms with Gasteiger partial charge in [-0.05, 0) is 48.9 Å². The van der Waals surface area contributed by atoms with Crippen molar-refractivity contribution in [1.29, 1.82) is 0 Å². The van der Waals surface area contributed by atoms with Gasteiger partial charge in [-0.25, -0.2) is 33.9 Å². The Kier molecular flexibility index (Phi) is 7.49. The van der Waals surface area contributed by atoms with Crippen LogP contribution in [0.25, 0.3) is 0 Å². The molecule has 0 amide bonds. The smallest absolute Gasteiger partial charge is 0.358 e. The molecule has 2 aromatic carbocycles. The van der Waals surface area contributed by atoms with Crippen LogP contribution in [0.5, 0.6) is 11.6 Å². The summed E-state index contributed by atoms with van der Waals surface area (Å²) in [7, 11) is 1.25. The van der Waals surface area contributed by atoms with Crippen molar-refractivity contribution < 1.29 is 14.3 Å². The zero-order chi connectivity index (χ0) is 26.5. The number of esters is 1. The number of nitrogens with zero attached hydrogens (tertiary/aromatic N) is 6. The summed E-state index contributed by atoms with van der Waals surface area (Å²) in [6.45, 7) is 1.94. The summed E-state index contributed by atoms with van der Waals surface area (Å²) in [6, 6.07) is 13.4. The minimum atomic E-state index is -0.687. The van der Waals surface area contributed by atoms with Crippen molar-refractivity contribution in [3.05, 3.63) is 104 Å². The molecule has 0 fully saturated rings. The lowest BCUT2D eigenvalue weighted by molar-refractivity contribution is 0.0593. The molecule has 12 nitrogen and oxygen atoms in total. The van der Waals surface area contributed by atoms with E-state index in [0.717, 1.165) is 14.8 Å². The van der Waals surface area contributed by atoms with Crippen LogP contribution in [0.2, 0.25) is 5.02 Å². The number of hydrogen-bond acceptors (Lipinski definition) is 9. The van der Waals surface area contributed by atoms with E-state index in [1.807, 2.05) is 0 Å². The van der Waals surface area contributed by atoms with Gasteiger partial charge < -0.3 is 15.3 Å². The van der Waals surface area contributed by atoms with Crippen LogP contribution < -0.4 is 27.6 Å². The first kappa shape index (κ1) is 25.4. The first-order valence-electron chi connectivity index (χ1n) is 11.0. The van der Waals surface area contributed by atoms with Crippen LogP contribution >= 0.6 is 11.6 Å². The van der Waals surface area contributed by atoms with Crippen molar-refractivity contribution in [2.24, 2.45) is 4.99 Å². The Labute approximate surface area is 214 Å². The molecule has 0 saturated heterocycles. The van der Waals surface area contributed by atoms with Gasteiger partial charge in [-0.15, -0.1) is 0 Å². The third-order valence-corrected chi connectivity index (χ3v) is 5.49. The zero-order valence-corrected chi connectivity index (χ0v) is 20.6. The minimum absolute atomic E-state index is 0.0346. The lowest BCUT2D eigenvalue weighted by atomic mass is 10.2. The minimum Gasteiger partial charge on any atom is -0.464 e. The predicted molar refractivity (Wildman–Crippen MR) is 134 cm³/mol. The van der Waals surface area contributed by atoms with Crippen LogP contribution in [0.4, 0.5) is 5.69 Å². The number of carbonyl (C=O) groups excluding carboxylic acids is 1. The number of halogens is 1. The van der Waals surface area contributed by atoms with E-state index in [4.69, 9.17) is 22.2 Å². The van der Waals surface area contributed by atoms with Crippen molar-refractivity contribution in [2.45, 2.75) is 20.0 Å². The first-order chi connectivity index (χ1) is 17.8. The first-order valence-corrected chi connectivity index (χ1v) is 11.4. The van der Waals surface area contributed by atoms with Crippen molar-refractivity contribution in [3.8, 4) is 11.6 Å². The Balaban J connectivity index is 1.68. The maximum atomic E-state index is 13.1. The average Bonchev–Trinajstić information content (AvgIpc) is 2.91. The molecule has 0 aliphatic heterocycles. The summed E-state index contributed by atoms with van der Waals surface area (Å²) >= 11 is 5.97. The van der Waals surface area contributed by atoms with Gasteiger partial charge in [-0.1, -0.05) is 23.7 Å². The molecule has 4 rings (SSSR count). The molecule has 0 aliphatic rings. The summed E-state index contributed by atoms with van der Waals surface area (Å²) in [5.41, 5.74) is -0.0328.